The zero-order valence-electron chi connectivity index (χ0n) is 15.2. The van der Waals surface area contributed by atoms with Crippen LogP contribution >= 0.6 is 0 Å². The van der Waals surface area contributed by atoms with Crippen molar-refractivity contribution in [1.29, 1.82) is 0 Å². The van der Waals surface area contributed by atoms with E-state index in [1.165, 1.54) is 12.1 Å². The summed E-state index contributed by atoms with van der Waals surface area (Å²) in [5.74, 6) is -0.539. The first kappa shape index (κ1) is 18.4. The van der Waals surface area contributed by atoms with Gasteiger partial charge in [0, 0.05) is 18.0 Å². The minimum absolute atomic E-state index is 0.125. The van der Waals surface area contributed by atoms with Gasteiger partial charge in [-0.1, -0.05) is 32.0 Å². The molecule has 2 aromatic carbocycles. The highest BCUT2D eigenvalue weighted by molar-refractivity contribution is 5.78. The first-order valence-corrected chi connectivity index (χ1v) is 8.63. The average molecular weight is 359 g/mol. The molecule has 0 spiro atoms. The molecular weight excluding hydrogens is 336 g/mol. The maximum Gasteiger partial charge on any atom is 0.224 e. The second-order valence-corrected chi connectivity index (χ2v) is 7.57. The first-order valence-electron chi connectivity index (χ1n) is 8.63. The Morgan fingerprint density at radius 1 is 1.15 bits per heavy atom. The zero-order valence-corrected chi connectivity index (χ0v) is 15.2. The van der Waals surface area contributed by atoms with Crippen LogP contribution in [0.2, 0.25) is 0 Å². The zero-order chi connectivity index (χ0) is 18.9. The highest BCUT2D eigenvalue weighted by atomic mass is 19.1. The summed E-state index contributed by atoms with van der Waals surface area (Å²) in [6.07, 6.45) is 0.984. The lowest BCUT2D eigenvalue weighted by Crippen LogP contribution is -2.36. The number of nitrogens with one attached hydrogen (secondary N) is 1. The number of carbonyl (C=O) groups excluding carboxylic acids is 1. The Labute approximate surface area is 152 Å². The number of carbonyl (C=O) groups is 1. The molecule has 2 aromatic rings. The number of ether oxygens (including phenoxy) is 1. The van der Waals surface area contributed by atoms with Crippen molar-refractivity contribution in [2.24, 2.45) is 5.41 Å². The van der Waals surface area contributed by atoms with Crippen molar-refractivity contribution in [3.05, 3.63) is 65.2 Å². The van der Waals surface area contributed by atoms with E-state index in [2.05, 4.69) is 5.32 Å². The maximum absolute atomic E-state index is 14.3. The summed E-state index contributed by atoms with van der Waals surface area (Å²) < 4.78 is 32.7. The number of hydrogen-bond acceptors (Lipinski definition) is 2. The molecule has 1 fully saturated rings. The third kappa shape index (κ3) is 3.43. The van der Waals surface area contributed by atoms with E-state index >= 15 is 0 Å². The Morgan fingerprint density at radius 2 is 1.81 bits per heavy atom. The molecule has 0 aliphatic heterocycles. The summed E-state index contributed by atoms with van der Waals surface area (Å²) >= 11 is 0. The topological polar surface area (TPSA) is 38.3 Å². The smallest absolute Gasteiger partial charge is 0.224 e. The molecule has 0 bridgehead atoms. The van der Waals surface area contributed by atoms with Crippen LogP contribution in [0.1, 0.15) is 31.4 Å². The van der Waals surface area contributed by atoms with Crippen molar-refractivity contribution in [3.8, 4) is 5.75 Å². The maximum atomic E-state index is 14.3. The van der Waals surface area contributed by atoms with Gasteiger partial charge in [0.15, 0.2) is 0 Å². The normalized spacial score (nSPS) is 20.5. The second-order valence-electron chi connectivity index (χ2n) is 7.57. The Balaban J connectivity index is 1.68. The molecule has 0 radical (unpaired) electrons. The fraction of sp³-hybridized carbons (Fsp3) is 0.381. The minimum atomic E-state index is -0.594. The van der Waals surface area contributed by atoms with Crippen LogP contribution in [0.3, 0.4) is 0 Å². The summed E-state index contributed by atoms with van der Waals surface area (Å²) in [6, 6.07) is 11.0. The fourth-order valence-electron chi connectivity index (χ4n) is 3.69. The number of methoxy groups -OCH3 is 1. The van der Waals surface area contributed by atoms with Gasteiger partial charge < -0.3 is 10.1 Å². The fourth-order valence-corrected chi connectivity index (χ4v) is 3.69. The van der Waals surface area contributed by atoms with Crippen LogP contribution in [-0.4, -0.2) is 19.6 Å². The van der Waals surface area contributed by atoms with Gasteiger partial charge in [-0.15, -0.1) is 0 Å². The SMILES string of the molecule is COc1ccc(CC(=O)NCC2(c3ccc(F)cc3F)CC2(C)C)cc1. The standard InChI is InChI=1S/C21H23F2NO2/c1-20(2)12-21(20,17-9-6-15(22)11-18(17)23)13-24-19(25)10-14-4-7-16(26-3)8-5-14/h4-9,11H,10,12-13H2,1-3H3,(H,24,25). The van der Waals surface area contributed by atoms with Crippen molar-refractivity contribution in [3.63, 3.8) is 0 Å². The molecule has 1 amide bonds. The monoisotopic (exact) mass is 359 g/mol. The van der Waals surface area contributed by atoms with Gasteiger partial charge in [-0.05, 0) is 41.2 Å². The molecule has 3 rings (SSSR count). The van der Waals surface area contributed by atoms with Gasteiger partial charge in [0.25, 0.3) is 0 Å². The summed E-state index contributed by atoms with van der Waals surface area (Å²) in [7, 11) is 1.59. The number of hydrogen-bond donors (Lipinski definition) is 1. The molecule has 138 valence electrons. The summed E-state index contributed by atoms with van der Waals surface area (Å²) in [5, 5.41) is 2.93. The van der Waals surface area contributed by atoms with Crippen LogP contribution < -0.4 is 10.1 Å². The van der Waals surface area contributed by atoms with Crippen molar-refractivity contribution in [1.82, 2.24) is 5.32 Å². The summed E-state index contributed by atoms with van der Waals surface area (Å²) in [6.45, 7) is 4.40. The molecule has 5 heteroatoms. The molecular formula is C21H23F2NO2. The lowest BCUT2D eigenvalue weighted by molar-refractivity contribution is -0.120. The lowest BCUT2D eigenvalue weighted by atomic mass is 9.87. The van der Waals surface area contributed by atoms with E-state index in [9.17, 15) is 13.6 Å². The van der Waals surface area contributed by atoms with E-state index in [0.717, 1.165) is 23.8 Å². The molecule has 0 heterocycles. The molecule has 3 nitrogen and oxygen atoms in total. The average Bonchev–Trinajstić information content (AvgIpc) is 3.15. The Bertz CT molecular complexity index is 817. The number of amides is 1. The van der Waals surface area contributed by atoms with Crippen LogP contribution in [0, 0.1) is 17.0 Å². The van der Waals surface area contributed by atoms with Gasteiger partial charge >= 0.3 is 0 Å². The summed E-state index contributed by atoms with van der Waals surface area (Å²) in [4.78, 5) is 12.3. The Morgan fingerprint density at radius 3 is 2.35 bits per heavy atom. The van der Waals surface area contributed by atoms with Crippen LogP contribution in [0.25, 0.3) is 0 Å². The third-order valence-corrected chi connectivity index (χ3v) is 5.47. The largest absolute Gasteiger partial charge is 0.497 e. The molecule has 0 aromatic heterocycles. The van der Waals surface area contributed by atoms with E-state index in [1.54, 1.807) is 7.11 Å². The third-order valence-electron chi connectivity index (χ3n) is 5.47. The minimum Gasteiger partial charge on any atom is -0.497 e. The molecule has 1 unspecified atom stereocenters. The van der Waals surface area contributed by atoms with Gasteiger partial charge in [-0.2, -0.15) is 0 Å². The Kier molecular flexibility index (Phi) is 4.74. The predicted octanol–water partition coefficient (Wildman–Crippen LogP) is 4.00. The quantitative estimate of drug-likeness (QED) is 0.847. The van der Waals surface area contributed by atoms with Crippen molar-refractivity contribution in [2.75, 3.05) is 13.7 Å². The van der Waals surface area contributed by atoms with Gasteiger partial charge in [-0.25, -0.2) is 8.78 Å². The molecule has 1 atom stereocenters. The van der Waals surface area contributed by atoms with Crippen molar-refractivity contribution >= 4 is 5.91 Å². The van der Waals surface area contributed by atoms with Crippen LogP contribution in [-0.2, 0) is 16.6 Å². The molecule has 1 aliphatic rings. The number of halogens is 2. The molecule has 1 N–H and O–H groups in total. The van der Waals surface area contributed by atoms with E-state index < -0.39 is 17.0 Å². The van der Waals surface area contributed by atoms with Crippen LogP contribution in [0.5, 0.6) is 5.75 Å². The number of rotatable bonds is 6. The molecule has 0 saturated heterocycles. The van der Waals surface area contributed by atoms with E-state index in [4.69, 9.17) is 4.74 Å². The van der Waals surface area contributed by atoms with Gasteiger partial charge in [0.1, 0.15) is 17.4 Å². The van der Waals surface area contributed by atoms with Gasteiger partial charge in [0.05, 0.1) is 13.5 Å². The van der Waals surface area contributed by atoms with E-state index in [-0.39, 0.29) is 17.7 Å². The highest BCUT2D eigenvalue weighted by Gasteiger charge is 2.62. The van der Waals surface area contributed by atoms with Gasteiger partial charge in [0.2, 0.25) is 5.91 Å². The van der Waals surface area contributed by atoms with Crippen molar-refractivity contribution in [2.45, 2.75) is 32.1 Å². The first-order chi connectivity index (χ1) is 12.3. The Hall–Kier alpha value is -2.43. The van der Waals surface area contributed by atoms with Crippen LogP contribution in [0.15, 0.2) is 42.5 Å². The molecule has 26 heavy (non-hydrogen) atoms. The molecule has 1 saturated carbocycles. The second kappa shape index (κ2) is 6.71. The predicted molar refractivity (Wildman–Crippen MR) is 96.1 cm³/mol. The van der Waals surface area contributed by atoms with Crippen LogP contribution in [0.4, 0.5) is 8.78 Å². The van der Waals surface area contributed by atoms with E-state index in [0.29, 0.717) is 12.1 Å². The highest BCUT2D eigenvalue weighted by Crippen LogP contribution is 2.64. The summed E-state index contributed by atoms with van der Waals surface area (Å²) in [5.41, 5.74) is 0.688. The van der Waals surface area contributed by atoms with Gasteiger partial charge in [-0.3, -0.25) is 4.79 Å². The lowest BCUT2D eigenvalue weighted by Gasteiger charge is -2.22. The van der Waals surface area contributed by atoms with Crippen molar-refractivity contribution < 1.29 is 18.3 Å². The molecule has 1 aliphatic carbocycles. The number of benzene rings is 2. The van der Waals surface area contributed by atoms with E-state index in [1.807, 2.05) is 38.1 Å².